The largest absolute Gasteiger partial charge is 0.365 e. The maximum absolute atomic E-state index is 12.0. The first-order valence-corrected chi connectivity index (χ1v) is 7.30. The third-order valence-corrected chi connectivity index (χ3v) is 3.60. The van der Waals surface area contributed by atoms with Crippen molar-refractivity contribution >= 4 is 11.9 Å². The second kappa shape index (κ2) is 7.74. The molecule has 1 fully saturated rings. The molecule has 0 spiro atoms. The molecule has 1 N–H and O–H groups in total. The van der Waals surface area contributed by atoms with E-state index >= 15 is 0 Å². The molecule has 0 aromatic carbocycles. The summed E-state index contributed by atoms with van der Waals surface area (Å²) in [7, 11) is 3.48. The zero-order valence-electron chi connectivity index (χ0n) is 13.0. The fourth-order valence-electron chi connectivity index (χ4n) is 2.15. The van der Waals surface area contributed by atoms with Gasteiger partial charge in [0.25, 0.3) is 0 Å². The van der Waals surface area contributed by atoms with E-state index in [0.717, 1.165) is 5.69 Å². The van der Waals surface area contributed by atoms with Crippen LogP contribution in [0.2, 0.25) is 0 Å². The van der Waals surface area contributed by atoms with Crippen LogP contribution in [0.1, 0.15) is 5.69 Å². The Labute approximate surface area is 130 Å². The van der Waals surface area contributed by atoms with E-state index in [1.165, 1.54) is 0 Å². The fourth-order valence-corrected chi connectivity index (χ4v) is 2.15. The zero-order valence-corrected chi connectivity index (χ0v) is 13.0. The smallest absolute Gasteiger partial charge is 0.317 e. The summed E-state index contributed by atoms with van der Waals surface area (Å²) in [6, 6.07) is 5.58. The van der Waals surface area contributed by atoms with Crippen LogP contribution in [0.3, 0.4) is 0 Å². The van der Waals surface area contributed by atoms with Gasteiger partial charge in [-0.15, -0.1) is 0 Å². The second-order valence-electron chi connectivity index (χ2n) is 5.39. The molecule has 1 aliphatic rings. The standard InChI is InChI=1S/C15H22N4O3/c1-18(8-6-12-5-3-4-7-16-12)15(21)17-9-13-10-19(2)14(20)11-22-13/h3-5,7,13H,6,8-11H2,1-2H3,(H,17,21). The van der Waals surface area contributed by atoms with Gasteiger partial charge in [0.05, 0.1) is 6.10 Å². The van der Waals surface area contributed by atoms with Crippen molar-refractivity contribution < 1.29 is 14.3 Å². The molecule has 1 saturated heterocycles. The lowest BCUT2D eigenvalue weighted by Gasteiger charge is -2.30. The normalized spacial score (nSPS) is 18.2. The van der Waals surface area contributed by atoms with Crippen LogP contribution < -0.4 is 5.32 Å². The van der Waals surface area contributed by atoms with Gasteiger partial charge in [-0.1, -0.05) is 6.07 Å². The molecule has 2 heterocycles. The number of nitrogens with zero attached hydrogens (tertiary/aromatic N) is 3. The number of rotatable bonds is 5. The number of amides is 3. The Morgan fingerprint density at radius 1 is 1.55 bits per heavy atom. The van der Waals surface area contributed by atoms with Crippen molar-refractivity contribution in [3.05, 3.63) is 30.1 Å². The van der Waals surface area contributed by atoms with Crippen molar-refractivity contribution in [2.75, 3.05) is 40.3 Å². The Morgan fingerprint density at radius 3 is 3.05 bits per heavy atom. The molecule has 0 aliphatic carbocycles. The molecular weight excluding hydrogens is 284 g/mol. The van der Waals surface area contributed by atoms with Crippen molar-refractivity contribution in [3.8, 4) is 0 Å². The highest BCUT2D eigenvalue weighted by Crippen LogP contribution is 2.03. The van der Waals surface area contributed by atoms with Crippen LogP contribution in [-0.4, -0.2) is 73.2 Å². The third kappa shape index (κ3) is 4.70. The van der Waals surface area contributed by atoms with Gasteiger partial charge in [0.2, 0.25) is 5.91 Å². The summed E-state index contributed by atoms with van der Waals surface area (Å²) in [4.78, 5) is 30.8. The van der Waals surface area contributed by atoms with Gasteiger partial charge in [0.1, 0.15) is 6.61 Å². The maximum atomic E-state index is 12.0. The minimum atomic E-state index is -0.157. The van der Waals surface area contributed by atoms with Crippen molar-refractivity contribution in [2.24, 2.45) is 0 Å². The number of hydrogen-bond acceptors (Lipinski definition) is 4. The van der Waals surface area contributed by atoms with Crippen LogP contribution >= 0.6 is 0 Å². The minimum absolute atomic E-state index is 0.0324. The Kier molecular flexibility index (Phi) is 5.71. The second-order valence-corrected chi connectivity index (χ2v) is 5.39. The van der Waals surface area contributed by atoms with Gasteiger partial charge < -0.3 is 19.9 Å². The van der Waals surface area contributed by atoms with E-state index in [4.69, 9.17) is 4.74 Å². The first kappa shape index (κ1) is 16.2. The Hall–Kier alpha value is -2.15. The average Bonchev–Trinajstić information content (AvgIpc) is 2.54. The van der Waals surface area contributed by atoms with E-state index in [0.29, 0.717) is 26.1 Å². The van der Waals surface area contributed by atoms with E-state index < -0.39 is 0 Å². The topological polar surface area (TPSA) is 74.8 Å². The predicted octanol–water partition coefficient (Wildman–Crippen LogP) is 0.123. The molecule has 0 saturated carbocycles. The minimum Gasteiger partial charge on any atom is -0.365 e. The lowest BCUT2D eigenvalue weighted by atomic mass is 10.2. The SMILES string of the molecule is CN1CC(CNC(=O)N(C)CCc2ccccn2)OCC1=O. The Balaban J connectivity index is 1.69. The van der Waals surface area contributed by atoms with E-state index in [9.17, 15) is 9.59 Å². The zero-order chi connectivity index (χ0) is 15.9. The van der Waals surface area contributed by atoms with Crippen molar-refractivity contribution in [1.29, 1.82) is 0 Å². The van der Waals surface area contributed by atoms with Gasteiger partial charge >= 0.3 is 6.03 Å². The van der Waals surface area contributed by atoms with Crippen LogP contribution in [-0.2, 0) is 16.0 Å². The summed E-state index contributed by atoms with van der Waals surface area (Å²) in [5.41, 5.74) is 0.956. The quantitative estimate of drug-likeness (QED) is 0.838. The first-order chi connectivity index (χ1) is 10.6. The molecule has 1 atom stereocenters. The summed E-state index contributed by atoms with van der Waals surface area (Å²) in [5.74, 6) is -0.0324. The highest BCUT2D eigenvalue weighted by atomic mass is 16.5. The molecule has 0 radical (unpaired) electrons. The van der Waals surface area contributed by atoms with Crippen molar-refractivity contribution in [2.45, 2.75) is 12.5 Å². The fraction of sp³-hybridized carbons (Fsp3) is 0.533. The highest BCUT2D eigenvalue weighted by Gasteiger charge is 2.24. The summed E-state index contributed by atoms with van der Waals surface area (Å²) in [5, 5.41) is 2.83. The van der Waals surface area contributed by atoms with Gasteiger partial charge in [-0.25, -0.2) is 4.79 Å². The number of likely N-dealkylation sites (N-methyl/N-ethyl adjacent to an activating group) is 2. The molecule has 1 aliphatic heterocycles. The third-order valence-electron chi connectivity index (χ3n) is 3.60. The molecule has 2 rings (SSSR count). The number of pyridine rings is 1. The number of urea groups is 1. The van der Waals surface area contributed by atoms with Crippen LogP contribution in [0.15, 0.2) is 24.4 Å². The van der Waals surface area contributed by atoms with Crippen LogP contribution in [0.5, 0.6) is 0 Å². The molecule has 3 amide bonds. The molecule has 1 aromatic rings. The van der Waals surface area contributed by atoms with Gasteiger partial charge in [0.15, 0.2) is 0 Å². The van der Waals surface area contributed by atoms with Crippen LogP contribution in [0.4, 0.5) is 4.79 Å². The number of carbonyl (C=O) groups excluding carboxylic acids is 2. The van der Waals surface area contributed by atoms with E-state index in [1.807, 2.05) is 18.2 Å². The van der Waals surface area contributed by atoms with Crippen LogP contribution in [0, 0.1) is 0 Å². The average molecular weight is 306 g/mol. The number of ether oxygens (including phenoxy) is 1. The van der Waals surface area contributed by atoms with Crippen molar-refractivity contribution in [1.82, 2.24) is 20.1 Å². The molecule has 22 heavy (non-hydrogen) atoms. The number of carbonyl (C=O) groups is 2. The number of morpholine rings is 1. The lowest BCUT2D eigenvalue weighted by Crippen LogP contribution is -2.50. The Bertz CT molecular complexity index is 509. The monoisotopic (exact) mass is 306 g/mol. The van der Waals surface area contributed by atoms with Gasteiger partial charge in [-0.3, -0.25) is 9.78 Å². The molecule has 120 valence electrons. The molecular formula is C15H22N4O3. The highest BCUT2D eigenvalue weighted by molar-refractivity contribution is 5.78. The van der Waals surface area contributed by atoms with E-state index in [2.05, 4.69) is 10.3 Å². The van der Waals surface area contributed by atoms with Gasteiger partial charge in [0, 0.05) is 52.0 Å². The predicted molar refractivity (Wildman–Crippen MR) is 81.3 cm³/mol. The Morgan fingerprint density at radius 2 is 2.36 bits per heavy atom. The summed E-state index contributed by atoms with van der Waals surface area (Å²) in [6.45, 7) is 1.56. The van der Waals surface area contributed by atoms with Gasteiger partial charge in [-0.2, -0.15) is 0 Å². The van der Waals surface area contributed by atoms with E-state index in [-0.39, 0.29) is 24.6 Å². The number of aromatic nitrogens is 1. The van der Waals surface area contributed by atoms with Crippen LogP contribution in [0.25, 0.3) is 0 Å². The summed E-state index contributed by atoms with van der Waals surface area (Å²) in [6.07, 6.45) is 2.30. The first-order valence-electron chi connectivity index (χ1n) is 7.30. The summed E-state index contributed by atoms with van der Waals surface area (Å²) < 4.78 is 5.39. The molecule has 7 nitrogen and oxygen atoms in total. The lowest BCUT2D eigenvalue weighted by molar-refractivity contribution is -0.146. The van der Waals surface area contributed by atoms with Crippen molar-refractivity contribution in [3.63, 3.8) is 0 Å². The number of nitrogens with one attached hydrogen (secondary N) is 1. The molecule has 7 heteroatoms. The molecule has 0 bridgehead atoms. The molecule has 1 unspecified atom stereocenters. The molecule has 1 aromatic heterocycles. The van der Waals surface area contributed by atoms with Gasteiger partial charge in [-0.05, 0) is 12.1 Å². The summed E-state index contributed by atoms with van der Waals surface area (Å²) >= 11 is 0. The maximum Gasteiger partial charge on any atom is 0.317 e. The number of hydrogen-bond donors (Lipinski definition) is 1. The van der Waals surface area contributed by atoms with E-state index in [1.54, 1.807) is 30.1 Å².